The molecule has 0 aliphatic rings. The molecule has 0 spiro atoms. The van der Waals surface area contributed by atoms with Crippen molar-refractivity contribution in [1.82, 2.24) is 0 Å². The van der Waals surface area contributed by atoms with Crippen molar-refractivity contribution in [3.8, 4) is 5.75 Å². The van der Waals surface area contributed by atoms with Crippen LogP contribution in [0.25, 0.3) is 0 Å². The molecule has 0 aliphatic heterocycles. The molecular weight excluding hydrogens is 518 g/mol. The number of para-hydroxylation sites is 1. The van der Waals surface area contributed by atoms with Crippen molar-refractivity contribution in [2.45, 2.75) is 193 Å². The van der Waals surface area contributed by atoms with E-state index in [2.05, 4.69) is 6.92 Å². The molecule has 0 atom stereocenters. The van der Waals surface area contributed by atoms with E-state index in [0.29, 0.717) is 12.2 Å². The van der Waals surface area contributed by atoms with Gasteiger partial charge in [-0.15, -0.1) is 0 Å². The van der Waals surface area contributed by atoms with Gasteiger partial charge in [-0.05, 0) is 43.9 Å². The van der Waals surface area contributed by atoms with Crippen LogP contribution in [0, 0.1) is 0 Å². The Morgan fingerprint density at radius 2 is 0.905 bits per heavy atom. The number of phenols is 1. The van der Waals surface area contributed by atoms with Crippen molar-refractivity contribution in [1.29, 1.82) is 0 Å². The standard InChI is InChI=1S/C24H40O3.C14H31N/c25-23-20-17-16-19-22(23)18-14-12-10-8-6-4-2-1-3-5-7-9-11-13-15-21-24(26)27;1-2-3-4-5-6-7-8-9-10-11-12-13-14-15/h16-17,19-20,25H,1-15,18,21H2,(H,26,27);2-15H2,1H3. The Morgan fingerprint density at radius 3 is 1.29 bits per heavy atom. The zero-order valence-corrected chi connectivity index (χ0v) is 27.9. The molecule has 1 rings (SSSR count). The highest BCUT2D eigenvalue weighted by Crippen LogP contribution is 2.19. The summed E-state index contributed by atoms with van der Waals surface area (Å²) in [5.74, 6) is -0.224. The molecule has 246 valence electrons. The summed E-state index contributed by atoms with van der Waals surface area (Å²) in [4.78, 5) is 10.4. The van der Waals surface area contributed by atoms with Gasteiger partial charge in [-0.2, -0.15) is 0 Å². The van der Waals surface area contributed by atoms with Gasteiger partial charge >= 0.3 is 5.97 Å². The molecule has 0 bridgehead atoms. The number of benzene rings is 1. The zero-order chi connectivity index (χ0) is 30.8. The summed E-state index contributed by atoms with van der Waals surface area (Å²) in [6.07, 6.45) is 37.2. The topological polar surface area (TPSA) is 83.6 Å². The molecule has 0 amide bonds. The average Bonchev–Trinajstić information content (AvgIpc) is 2.98. The van der Waals surface area contributed by atoms with Crippen LogP contribution in [-0.2, 0) is 11.2 Å². The van der Waals surface area contributed by atoms with E-state index in [1.807, 2.05) is 18.2 Å². The summed E-state index contributed by atoms with van der Waals surface area (Å²) in [5, 5.41) is 18.3. The number of carbonyl (C=O) groups is 1. The van der Waals surface area contributed by atoms with Crippen molar-refractivity contribution in [3.63, 3.8) is 0 Å². The SMILES string of the molecule is CCCCCCCCCCCCCCN.O=C(O)CCCCCCCCCCCCCCCCCc1ccccc1O. The van der Waals surface area contributed by atoms with E-state index < -0.39 is 5.97 Å². The molecule has 0 fully saturated rings. The second kappa shape index (κ2) is 33.9. The maximum Gasteiger partial charge on any atom is 0.303 e. The lowest BCUT2D eigenvalue weighted by Gasteiger charge is -2.05. The molecule has 0 aliphatic carbocycles. The number of hydrogen-bond acceptors (Lipinski definition) is 3. The summed E-state index contributed by atoms with van der Waals surface area (Å²) in [7, 11) is 0. The lowest BCUT2D eigenvalue weighted by atomic mass is 10.0. The van der Waals surface area contributed by atoms with Crippen molar-refractivity contribution < 1.29 is 15.0 Å². The molecule has 0 radical (unpaired) electrons. The number of nitrogens with two attached hydrogens (primary N) is 1. The predicted molar refractivity (Wildman–Crippen MR) is 183 cm³/mol. The Morgan fingerprint density at radius 1 is 0.548 bits per heavy atom. The van der Waals surface area contributed by atoms with Gasteiger partial charge in [0.15, 0.2) is 0 Å². The van der Waals surface area contributed by atoms with Crippen LogP contribution in [0.15, 0.2) is 24.3 Å². The number of phenolic OH excluding ortho intramolecular Hbond substituents is 1. The molecule has 0 saturated heterocycles. The first-order valence-corrected chi connectivity index (χ1v) is 18.3. The number of aromatic hydroxyl groups is 1. The normalized spacial score (nSPS) is 10.9. The Bertz CT molecular complexity index is 666. The number of carboxylic acids is 1. The van der Waals surface area contributed by atoms with E-state index in [1.54, 1.807) is 6.07 Å². The number of unbranched alkanes of at least 4 members (excludes halogenated alkanes) is 25. The molecule has 1 aromatic rings. The van der Waals surface area contributed by atoms with Gasteiger partial charge in [0.1, 0.15) is 5.75 Å². The Kier molecular flexibility index (Phi) is 32.7. The molecule has 0 unspecified atom stereocenters. The van der Waals surface area contributed by atoms with Gasteiger partial charge in [-0.1, -0.05) is 179 Å². The monoisotopic (exact) mass is 590 g/mol. The highest BCUT2D eigenvalue weighted by molar-refractivity contribution is 5.66. The van der Waals surface area contributed by atoms with Crippen molar-refractivity contribution >= 4 is 5.97 Å². The van der Waals surface area contributed by atoms with Crippen LogP contribution in [0.2, 0.25) is 0 Å². The lowest BCUT2D eigenvalue weighted by molar-refractivity contribution is -0.137. The van der Waals surface area contributed by atoms with Crippen LogP contribution in [0.3, 0.4) is 0 Å². The van der Waals surface area contributed by atoms with E-state index in [1.165, 1.54) is 161 Å². The van der Waals surface area contributed by atoms with Gasteiger partial charge in [0.05, 0.1) is 0 Å². The molecule has 0 saturated carbocycles. The third kappa shape index (κ3) is 31.4. The first-order valence-electron chi connectivity index (χ1n) is 18.3. The first-order chi connectivity index (χ1) is 20.6. The summed E-state index contributed by atoms with van der Waals surface area (Å²) in [6.45, 7) is 3.15. The Hall–Kier alpha value is -1.55. The molecule has 4 nitrogen and oxygen atoms in total. The Balaban J connectivity index is 0.000000951. The maximum atomic E-state index is 10.4. The number of aryl methyl sites for hydroxylation is 1. The molecule has 1 aromatic carbocycles. The predicted octanol–water partition coefficient (Wildman–Crippen LogP) is 11.9. The molecular formula is C38H71NO3. The van der Waals surface area contributed by atoms with E-state index >= 15 is 0 Å². The molecule has 4 N–H and O–H groups in total. The number of aliphatic carboxylic acids is 1. The summed E-state index contributed by atoms with van der Waals surface area (Å²) < 4.78 is 0. The van der Waals surface area contributed by atoms with Crippen LogP contribution in [0.5, 0.6) is 5.75 Å². The molecule has 0 aromatic heterocycles. The van der Waals surface area contributed by atoms with Gasteiger partial charge in [-0.25, -0.2) is 0 Å². The lowest BCUT2D eigenvalue weighted by Crippen LogP contribution is -1.97. The molecule has 0 heterocycles. The van der Waals surface area contributed by atoms with E-state index in [0.717, 1.165) is 31.4 Å². The third-order valence-electron chi connectivity index (χ3n) is 8.39. The highest BCUT2D eigenvalue weighted by atomic mass is 16.4. The number of rotatable bonds is 30. The summed E-state index contributed by atoms with van der Waals surface area (Å²) in [5.41, 5.74) is 6.53. The second-order valence-corrected chi connectivity index (χ2v) is 12.5. The minimum absolute atomic E-state index is 0.330. The number of hydrogen-bond donors (Lipinski definition) is 3. The highest BCUT2D eigenvalue weighted by Gasteiger charge is 2.00. The third-order valence-corrected chi connectivity index (χ3v) is 8.39. The quantitative estimate of drug-likeness (QED) is 0.0779. The Labute approximate surface area is 261 Å². The van der Waals surface area contributed by atoms with E-state index in [-0.39, 0.29) is 0 Å². The molecule has 4 heteroatoms. The second-order valence-electron chi connectivity index (χ2n) is 12.5. The smallest absolute Gasteiger partial charge is 0.303 e. The van der Waals surface area contributed by atoms with Gasteiger partial charge < -0.3 is 15.9 Å². The first kappa shape index (κ1) is 40.5. The zero-order valence-electron chi connectivity index (χ0n) is 27.9. The fraction of sp³-hybridized carbons (Fsp3) is 0.816. The van der Waals surface area contributed by atoms with Gasteiger partial charge in [-0.3, -0.25) is 4.79 Å². The van der Waals surface area contributed by atoms with Crippen LogP contribution in [-0.4, -0.2) is 22.7 Å². The van der Waals surface area contributed by atoms with Crippen LogP contribution in [0.1, 0.15) is 192 Å². The minimum Gasteiger partial charge on any atom is -0.508 e. The summed E-state index contributed by atoms with van der Waals surface area (Å²) in [6, 6.07) is 7.67. The van der Waals surface area contributed by atoms with Crippen molar-refractivity contribution in [3.05, 3.63) is 29.8 Å². The van der Waals surface area contributed by atoms with E-state index in [4.69, 9.17) is 10.8 Å². The van der Waals surface area contributed by atoms with Crippen LogP contribution < -0.4 is 5.73 Å². The van der Waals surface area contributed by atoms with E-state index in [9.17, 15) is 9.90 Å². The fourth-order valence-electron chi connectivity index (χ4n) is 5.60. The van der Waals surface area contributed by atoms with Gasteiger partial charge in [0.2, 0.25) is 0 Å². The van der Waals surface area contributed by atoms with Gasteiger partial charge in [0, 0.05) is 6.42 Å². The molecule has 42 heavy (non-hydrogen) atoms. The fourth-order valence-corrected chi connectivity index (χ4v) is 5.60. The van der Waals surface area contributed by atoms with Crippen LogP contribution in [0.4, 0.5) is 0 Å². The van der Waals surface area contributed by atoms with Crippen molar-refractivity contribution in [2.24, 2.45) is 5.73 Å². The minimum atomic E-state index is -0.664. The maximum absolute atomic E-state index is 10.4. The average molecular weight is 590 g/mol. The van der Waals surface area contributed by atoms with Gasteiger partial charge in [0.25, 0.3) is 0 Å². The summed E-state index contributed by atoms with van der Waals surface area (Å²) >= 11 is 0. The van der Waals surface area contributed by atoms with Crippen molar-refractivity contribution in [2.75, 3.05) is 6.54 Å². The largest absolute Gasteiger partial charge is 0.508 e. The number of carboxylic acid groups (broad SMARTS) is 1. The van der Waals surface area contributed by atoms with Crippen LogP contribution >= 0.6 is 0 Å².